The molecule has 162 valence electrons. The number of halogens is 2. The first kappa shape index (κ1) is 22.9. The van der Waals surface area contributed by atoms with Crippen LogP contribution in [0.4, 0.5) is 5.69 Å². The average Bonchev–Trinajstić information content (AvgIpc) is 2.72. The van der Waals surface area contributed by atoms with Crippen LogP contribution in [0, 0.1) is 5.92 Å². The molecule has 0 spiro atoms. The molecule has 0 radical (unpaired) electrons. The molecule has 0 aromatic heterocycles. The molecule has 0 atom stereocenters. The Morgan fingerprint density at radius 3 is 2.17 bits per heavy atom. The van der Waals surface area contributed by atoms with Gasteiger partial charge in [-0.1, -0.05) is 41.4 Å². The van der Waals surface area contributed by atoms with Crippen molar-refractivity contribution in [1.82, 2.24) is 9.62 Å². The van der Waals surface area contributed by atoms with Gasteiger partial charge in [-0.25, -0.2) is 8.42 Å². The molecule has 1 N–H and O–H groups in total. The van der Waals surface area contributed by atoms with Gasteiger partial charge in [0.25, 0.3) is 0 Å². The Labute approximate surface area is 187 Å². The molecule has 9 heteroatoms. The highest BCUT2D eigenvalue weighted by Gasteiger charge is 2.34. The Hall–Kier alpha value is -1.80. The van der Waals surface area contributed by atoms with Crippen LogP contribution in [0.5, 0.6) is 0 Å². The van der Waals surface area contributed by atoms with Crippen molar-refractivity contribution in [2.45, 2.75) is 24.3 Å². The highest BCUT2D eigenvalue weighted by atomic mass is 35.5. The van der Waals surface area contributed by atoms with Crippen molar-refractivity contribution in [3.05, 3.63) is 58.1 Å². The zero-order valence-electron chi connectivity index (χ0n) is 16.9. The molecule has 1 heterocycles. The second kappa shape index (κ2) is 9.56. The summed E-state index contributed by atoms with van der Waals surface area (Å²) in [5.41, 5.74) is 2.11. The molecule has 30 heavy (non-hydrogen) atoms. The molecule has 1 fully saturated rings. The Bertz CT molecular complexity index is 982. The third kappa shape index (κ3) is 5.09. The van der Waals surface area contributed by atoms with Gasteiger partial charge in [0, 0.05) is 45.3 Å². The number of amides is 1. The molecule has 0 unspecified atom stereocenters. The van der Waals surface area contributed by atoms with E-state index in [2.05, 4.69) is 5.32 Å². The highest BCUT2D eigenvalue weighted by Crippen LogP contribution is 2.33. The maximum atomic E-state index is 12.9. The minimum absolute atomic E-state index is 0.0560. The number of rotatable bonds is 6. The van der Waals surface area contributed by atoms with Gasteiger partial charge in [-0.3, -0.25) is 4.79 Å². The van der Waals surface area contributed by atoms with Crippen molar-refractivity contribution in [2.24, 2.45) is 5.92 Å². The summed E-state index contributed by atoms with van der Waals surface area (Å²) in [5, 5.41) is 3.16. The second-order valence-corrected chi connectivity index (χ2v) is 10.2. The molecule has 2 aromatic carbocycles. The van der Waals surface area contributed by atoms with Gasteiger partial charge in [0.1, 0.15) is 4.90 Å². The summed E-state index contributed by atoms with van der Waals surface area (Å²) in [7, 11) is 0.145. The normalized spacial score (nSPS) is 15.7. The van der Waals surface area contributed by atoms with Gasteiger partial charge in [0.2, 0.25) is 15.9 Å². The number of anilines is 1. The van der Waals surface area contributed by atoms with E-state index in [0.29, 0.717) is 19.4 Å². The summed E-state index contributed by atoms with van der Waals surface area (Å²) in [4.78, 5) is 14.5. The zero-order valence-corrected chi connectivity index (χ0v) is 19.3. The van der Waals surface area contributed by atoms with Crippen molar-refractivity contribution in [3.63, 3.8) is 0 Å². The van der Waals surface area contributed by atoms with Crippen LogP contribution < -0.4 is 10.2 Å². The number of sulfonamides is 1. The molecule has 0 aliphatic carbocycles. The van der Waals surface area contributed by atoms with Crippen LogP contribution in [0.3, 0.4) is 0 Å². The maximum absolute atomic E-state index is 12.9. The number of carbonyl (C=O) groups excluding carboxylic acids is 1. The fraction of sp³-hybridized carbons (Fsp3) is 0.381. The van der Waals surface area contributed by atoms with E-state index in [1.165, 1.54) is 16.4 Å². The Morgan fingerprint density at radius 1 is 1.07 bits per heavy atom. The summed E-state index contributed by atoms with van der Waals surface area (Å²) in [5.74, 6) is -0.279. The van der Waals surface area contributed by atoms with Crippen molar-refractivity contribution in [1.29, 1.82) is 0 Å². The van der Waals surface area contributed by atoms with Gasteiger partial charge in [0.05, 0.1) is 10.0 Å². The Morgan fingerprint density at radius 2 is 1.63 bits per heavy atom. The summed E-state index contributed by atoms with van der Waals surface area (Å²) in [6.07, 6.45) is 0.902. The molecule has 3 rings (SSSR count). The van der Waals surface area contributed by atoms with Crippen molar-refractivity contribution in [2.75, 3.05) is 32.1 Å². The van der Waals surface area contributed by atoms with Crippen LogP contribution in [-0.2, 0) is 21.4 Å². The standard InChI is InChI=1S/C21H25Cl2N3O3S/c1-25(2)17-8-6-15(7-9-17)14-24-21(27)16-10-12-26(13-11-16)30(28,29)20-18(22)4-3-5-19(20)23/h3-9,16H,10-14H2,1-2H3,(H,24,27). The van der Waals surface area contributed by atoms with Crippen molar-refractivity contribution >= 4 is 44.8 Å². The van der Waals surface area contributed by atoms with E-state index in [-0.39, 0.29) is 39.9 Å². The number of nitrogens with one attached hydrogen (secondary N) is 1. The largest absolute Gasteiger partial charge is 0.378 e. The van der Waals surface area contributed by atoms with Gasteiger partial charge < -0.3 is 10.2 Å². The van der Waals surface area contributed by atoms with E-state index >= 15 is 0 Å². The van der Waals surface area contributed by atoms with E-state index in [4.69, 9.17) is 23.2 Å². The predicted octanol–water partition coefficient (Wildman–Crippen LogP) is 3.78. The quantitative estimate of drug-likeness (QED) is 0.698. The molecule has 0 bridgehead atoms. The summed E-state index contributed by atoms with van der Waals surface area (Å²) < 4.78 is 27.2. The van der Waals surface area contributed by atoms with E-state index in [0.717, 1.165) is 11.3 Å². The van der Waals surface area contributed by atoms with Crippen LogP contribution in [0.2, 0.25) is 10.0 Å². The van der Waals surface area contributed by atoms with Crippen LogP contribution in [-0.4, -0.2) is 45.8 Å². The molecule has 6 nitrogen and oxygen atoms in total. The third-order valence-electron chi connectivity index (χ3n) is 5.26. The molecular weight excluding hydrogens is 445 g/mol. The molecule has 1 aliphatic rings. The molecule has 2 aromatic rings. The topological polar surface area (TPSA) is 69.7 Å². The first-order chi connectivity index (χ1) is 14.2. The van der Waals surface area contributed by atoms with E-state index in [9.17, 15) is 13.2 Å². The lowest BCUT2D eigenvalue weighted by molar-refractivity contribution is -0.126. The first-order valence-electron chi connectivity index (χ1n) is 9.68. The molecule has 1 amide bonds. The number of benzene rings is 2. The fourth-order valence-electron chi connectivity index (χ4n) is 3.46. The second-order valence-electron chi connectivity index (χ2n) is 7.51. The van der Waals surface area contributed by atoms with Gasteiger partial charge >= 0.3 is 0 Å². The zero-order chi connectivity index (χ0) is 21.9. The third-order valence-corrected chi connectivity index (χ3v) is 8.12. The molecule has 1 saturated heterocycles. The average molecular weight is 470 g/mol. The lowest BCUT2D eigenvalue weighted by Gasteiger charge is -2.31. The first-order valence-corrected chi connectivity index (χ1v) is 11.9. The van der Waals surface area contributed by atoms with Crippen molar-refractivity contribution in [3.8, 4) is 0 Å². The van der Waals surface area contributed by atoms with Gasteiger partial charge in [-0.15, -0.1) is 0 Å². The number of nitrogens with zero attached hydrogens (tertiary/aromatic N) is 2. The van der Waals surface area contributed by atoms with Gasteiger partial charge in [-0.05, 0) is 42.7 Å². The van der Waals surface area contributed by atoms with Gasteiger partial charge in [-0.2, -0.15) is 4.31 Å². The monoisotopic (exact) mass is 469 g/mol. The summed E-state index contributed by atoms with van der Waals surface area (Å²) >= 11 is 12.2. The smallest absolute Gasteiger partial charge is 0.246 e. The van der Waals surface area contributed by atoms with E-state index < -0.39 is 10.0 Å². The van der Waals surface area contributed by atoms with Gasteiger partial charge in [0.15, 0.2) is 0 Å². The fourth-order valence-corrected chi connectivity index (χ4v) is 6.02. The van der Waals surface area contributed by atoms with Crippen LogP contribution >= 0.6 is 23.2 Å². The summed E-state index contributed by atoms with van der Waals surface area (Å²) in [6.45, 7) is 0.944. The predicted molar refractivity (Wildman–Crippen MR) is 121 cm³/mol. The minimum atomic E-state index is -3.81. The number of carbonyl (C=O) groups is 1. The molecule has 0 saturated carbocycles. The van der Waals surface area contributed by atoms with E-state index in [1.807, 2.05) is 43.3 Å². The summed E-state index contributed by atoms with van der Waals surface area (Å²) in [6, 6.07) is 12.6. The van der Waals surface area contributed by atoms with Crippen molar-refractivity contribution < 1.29 is 13.2 Å². The number of hydrogen-bond donors (Lipinski definition) is 1. The lowest BCUT2D eigenvalue weighted by Crippen LogP contribution is -2.43. The van der Waals surface area contributed by atoms with Crippen LogP contribution in [0.15, 0.2) is 47.4 Å². The Kier molecular flexibility index (Phi) is 7.29. The minimum Gasteiger partial charge on any atom is -0.378 e. The maximum Gasteiger partial charge on any atom is 0.246 e. The molecule has 1 aliphatic heterocycles. The van der Waals surface area contributed by atoms with Crippen LogP contribution in [0.1, 0.15) is 18.4 Å². The number of piperidine rings is 1. The highest BCUT2D eigenvalue weighted by molar-refractivity contribution is 7.89. The molecular formula is C21H25Cl2N3O3S. The Balaban J connectivity index is 1.56. The lowest BCUT2D eigenvalue weighted by atomic mass is 9.97. The SMILES string of the molecule is CN(C)c1ccc(CNC(=O)C2CCN(S(=O)(=O)c3c(Cl)cccc3Cl)CC2)cc1. The van der Waals surface area contributed by atoms with Crippen LogP contribution in [0.25, 0.3) is 0 Å². The van der Waals surface area contributed by atoms with E-state index in [1.54, 1.807) is 6.07 Å². The number of hydrogen-bond acceptors (Lipinski definition) is 4.